The molecule has 1 aromatic heterocycles. The van der Waals surface area contributed by atoms with Crippen molar-refractivity contribution < 1.29 is 19.4 Å². The summed E-state index contributed by atoms with van der Waals surface area (Å²) in [5, 5.41) is 11.1. The third-order valence-electron chi connectivity index (χ3n) is 3.14. The molecule has 0 aliphatic heterocycles. The SMILES string of the molecule is COc1ccc(-c2nc(C(=O)O)cs2)cc1OCCCN(C)C. The summed E-state index contributed by atoms with van der Waals surface area (Å²) in [4.78, 5) is 17.1. The third-order valence-corrected chi connectivity index (χ3v) is 4.03. The second-order valence-electron chi connectivity index (χ2n) is 5.21. The molecule has 23 heavy (non-hydrogen) atoms. The van der Waals surface area contributed by atoms with E-state index in [1.165, 1.54) is 16.7 Å². The molecule has 1 N–H and O–H groups in total. The fourth-order valence-corrected chi connectivity index (χ4v) is 2.78. The monoisotopic (exact) mass is 336 g/mol. The molecule has 1 heterocycles. The predicted octanol–water partition coefficient (Wildman–Crippen LogP) is 2.85. The predicted molar refractivity (Wildman–Crippen MR) is 89.7 cm³/mol. The highest BCUT2D eigenvalue weighted by Gasteiger charge is 2.13. The first-order chi connectivity index (χ1) is 11.0. The fraction of sp³-hybridized carbons (Fsp3) is 0.375. The van der Waals surface area contributed by atoms with Crippen molar-refractivity contribution in [1.82, 2.24) is 9.88 Å². The first-order valence-electron chi connectivity index (χ1n) is 7.16. The normalized spacial score (nSPS) is 10.8. The first kappa shape index (κ1) is 17.2. The second kappa shape index (κ2) is 7.94. The molecule has 0 atom stereocenters. The lowest BCUT2D eigenvalue weighted by atomic mass is 10.2. The molecule has 0 unspecified atom stereocenters. The molecule has 2 aromatic rings. The zero-order valence-corrected chi connectivity index (χ0v) is 14.2. The minimum absolute atomic E-state index is 0.0502. The number of nitrogens with zero attached hydrogens (tertiary/aromatic N) is 2. The molecule has 0 saturated heterocycles. The molecule has 0 aliphatic rings. The summed E-state index contributed by atoms with van der Waals surface area (Å²) in [6.07, 6.45) is 0.904. The van der Waals surface area contributed by atoms with Crippen LogP contribution in [0.4, 0.5) is 0 Å². The minimum Gasteiger partial charge on any atom is -0.493 e. The average molecular weight is 336 g/mol. The Kier molecular flexibility index (Phi) is 5.95. The Morgan fingerprint density at radius 1 is 1.35 bits per heavy atom. The van der Waals surface area contributed by atoms with Gasteiger partial charge in [0.15, 0.2) is 17.2 Å². The highest BCUT2D eigenvalue weighted by Crippen LogP contribution is 2.33. The smallest absolute Gasteiger partial charge is 0.355 e. The van der Waals surface area contributed by atoms with Crippen LogP contribution >= 0.6 is 11.3 Å². The van der Waals surface area contributed by atoms with Gasteiger partial charge in [0.1, 0.15) is 5.01 Å². The van der Waals surface area contributed by atoms with Gasteiger partial charge in [-0.1, -0.05) is 0 Å². The molecular formula is C16H20N2O4S. The maximum absolute atomic E-state index is 10.9. The summed E-state index contributed by atoms with van der Waals surface area (Å²) in [6.45, 7) is 1.52. The average Bonchev–Trinajstić information content (AvgIpc) is 3.01. The second-order valence-corrected chi connectivity index (χ2v) is 6.07. The summed E-state index contributed by atoms with van der Waals surface area (Å²) >= 11 is 1.29. The van der Waals surface area contributed by atoms with Crippen LogP contribution in [-0.4, -0.2) is 55.3 Å². The molecule has 0 radical (unpaired) electrons. The van der Waals surface area contributed by atoms with Crippen LogP contribution in [0.1, 0.15) is 16.9 Å². The van der Waals surface area contributed by atoms with Crippen LogP contribution in [0, 0.1) is 0 Å². The Balaban J connectivity index is 2.15. The van der Waals surface area contributed by atoms with Gasteiger partial charge in [-0.3, -0.25) is 0 Å². The molecule has 0 saturated carbocycles. The molecule has 1 aromatic carbocycles. The van der Waals surface area contributed by atoms with Gasteiger partial charge in [-0.2, -0.15) is 0 Å². The molecular weight excluding hydrogens is 316 g/mol. The quantitative estimate of drug-likeness (QED) is 0.748. The van der Waals surface area contributed by atoms with Crippen molar-refractivity contribution >= 4 is 17.3 Å². The van der Waals surface area contributed by atoms with Gasteiger partial charge >= 0.3 is 5.97 Å². The van der Waals surface area contributed by atoms with E-state index in [1.807, 2.05) is 26.2 Å². The van der Waals surface area contributed by atoms with E-state index in [4.69, 9.17) is 14.6 Å². The maximum atomic E-state index is 10.9. The van der Waals surface area contributed by atoms with Crippen LogP contribution in [0.2, 0.25) is 0 Å². The Morgan fingerprint density at radius 3 is 2.74 bits per heavy atom. The molecule has 0 fully saturated rings. The lowest BCUT2D eigenvalue weighted by Gasteiger charge is -2.13. The van der Waals surface area contributed by atoms with Crippen LogP contribution in [-0.2, 0) is 0 Å². The number of carbonyl (C=O) groups is 1. The molecule has 2 rings (SSSR count). The standard InChI is InChI=1S/C16H20N2O4S/c1-18(2)7-4-8-22-14-9-11(5-6-13(14)21-3)15-17-12(10-23-15)16(19)20/h5-6,9-10H,4,7-8H2,1-3H3,(H,19,20). The largest absolute Gasteiger partial charge is 0.493 e. The summed E-state index contributed by atoms with van der Waals surface area (Å²) in [5.41, 5.74) is 0.861. The number of thiazole rings is 1. The number of carboxylic acid groups (broad SMARTS) is 1. The zero-order valence-electron chi connectivity index (χ0n) is 13.4. The van der Waals surface area contributed by atoms with Crippen molar-refractivity contribution in [3.05, 3.63) is 29.3 Å². The van der Waals surface area contributed by atoms with Gasteiger partial charge in [0.05, 0.1) is 13.7 Å². The Labute approximate surface area is 139 Å². The van der Waals surface area contributed by atoms with E-state index in [-0.39, 0.29) is 5.69 Å². The van der Waals surface area contributed by atoms with Crippen molar-refractivity contribution in [3.63, 3.8) is 0 Å². The lowest BCUT2D eigenvalue weighted by molar-refractivity contribution is 0.0691. The van der Waals surface area contributed by atoms with E-state index in [0.717, 1.165) is 18.5 Å². The fourth-order valence-electron chi connectivity index (χ4n) is 1.99. The Hall–Kier alpha value is -2.12. The van der Waals surface area contributed by atoms with Crippen LogP contribution < -0.4 is 9.47 Å². The van der Waals surface area contributed by atoms with E-state index in [0.29, 0.717) is 23.1 Å². The molecule has 0 spiro atoms. The van der Waals surface area contributed by atoms with E-state index < -0.39 is 5.97 Å². The highest BCUT2D eigenvalue weighted by molar-refractivity contribution is 7.13. The minimum atomic E-state index is -1.03. The van der Waals surface area contributed by atoms with Crippen LogP contribution in [0.3, 0.4) is 0 Å². The summed E-state index contributed by atoms with van der Waals surface area (Å²) < 4.78 is 11.1. The van der Waals surface area contributed by atoms with E-state index in [1.54, 1.807) is 13.2 Å². The number of aromatic carboxylic acids is 1. The van der Waals surface area contributed by atoms with Crippen molar-refractivity contribution in [2.75, 3.05) is 34.4 Å². The zero-order chi connectivity index (χ0) is 16.8. The molecule has 0 bridgehead atoms. The van der Waals surface area contributed by atoms with Gasteiger partial charge < -0.3 is 19.5 Å². The molecule has 7 heteroatoms. The number of aromatic nitrogens is 1. The van der Waals surface area contributed by atoms with Gasteiger partial charge in [-0.05, 0) is 38.7 Å². The highest BCUT2D eigenvalue weighted by atomic mass is 32.1. The first-order valence-corrected chi connectivity index (χ1v) is 8.04. The van der Waals surface area contributed by atoms with Gasteiger partial charge in [-0.15, -0.1) is 11.3 Å². The topological polar surface area (TPSA) is 71.9 Å². The van der Waals surface area contributed by atoms with E-state index >= 15 is 0 Å². The van der Waals surface area contributed by atoms with Gasteiger partial charge in [-0.25, -0.2) is 9.78 Å². The Bertz CT molecular complexity index is 670. The lowest BCUT2D eigenvalue weighted by Crippen LogP contribution is -2.15. The molecule has 124 valence electrons. The number of rotatable bonds is 8. The third kappa shape index (κ3) is 4.67. The number of ether oxygens (including phenoxy) is 2. The molecule has 0 amide bonds. The van der Waals surface area contributed by atoms with Gasteiger partial charge in [0.25, 0.3) is 0 Å². The number of methoxy groups -OCH3 is 1. The number of hydrogen-bond donors (Lipinski definition) is 1. The van der Waals surface area contributed by atoms with Crippen molar-refractivity contribution in [3.8, 4) is 22.1 Å². The van der Waals surface area contributed by atoms with Gasteiger partial charge in [0.2, 0.25) is 0 Å². The molecule has 0 aliphatic carbocycles. The number of carboxylic acids is 1. The summed E-state index contributed by atoms with van der Waals surface area (Å²) in [6, 6.07) is 5.48. The summed E-state index contributed by atoms with van der Waals surface area (Å²) in [7, 11) is 5.63. The van der Waals surface area contributed by atoms with Gasteiger partial charge in [0, 0.05) is 17.5 Å². The van der Waals surface area contributed by atoms with E-state index in [9.17, 15) is 4.79 Å². The number of benzene rings is 1. The van der Waals surface area contributed by atoms with Crippen LogP contribution in [0.25, 0.3) is 10.6 Å². The molecule has 6 nitrogen and oxygen atoms in total. The van der Waals surface area contributed by atoms with Crippen molar-refractivity contribution in [1.29, 1.82) is 0 Å². The summed E-state index contributed by atoms with van der Waals surface area (Å²) in [5.74, 6) is 0.255. The van der Waals surface area contributed by atoms with Crippen LogP contribution in [0.15, 0.2) is 23.6 Å². The number of hydrogen-bond acceptors (Lipinski definition) is 6. The van der Waals surface area contributed by atoms with Crippen LogP contribution in [0.5, 0.6) is 11.5 Å². The Morgan fingerprint density at radius 2 is 2.13 bits per heavy atom. The van der Waals surface area contributed by atoms with Crippen molar-refractivity contribution in [2.45, 2.75) is 6.42 Å². The van der Waals surface area contributed by atoms with Crippen molar-refractivity contribution in [2.24, 2.45) is 0 Å². The maximum Gasteiger partial charge on any atom is 0.355 e. The van der Waals surface area contributed by atoms with E-state index in [2.05, 4.69) is 9.88 Å².